The molecule has 3 heterocycles. The van der Waals surface area contributed by atoms with Crippen molar-refractivity contribution in [2.45, 2.75) is 18.5 Å². The molecule has 35 heavy (non-hydrogen) atoms. The van der Waals surface area contributed by atoms with Gasteiger partial charge in [0.1, 0.15) is 5.76 Å². The fourth-order valence-corrected chi connectivity index (χ4v) is 4.74. The maximum absolute atomic E-state index is 13.0. The maximum Gasteiger partial charge on any atom is 0.416 e. The Balaban J connectivity index is 1.30. The molecule has 0 bridgehead atoms. The molecule has 5 aromatic rings. The highest BCUT2D eigenvalue weighted by molar-refractivity contribution is 6.10. The average molecular weight is 478 g/mol. The fourth-order valence-electron chi connectivity index (χ4n) is 4.74. The highest BCUT2D eigenvalue weighted by atomic mass is 19.4. The Morgan fingerprint density at radius 2 is 1.94 bits per heavy atom. The van der Waals surface area contributed by atoms with Crippen LogP contribution >= 0.6 is 0 Å². The first-order valence-electron chi connectivity index (χ1n) is 11.3. The number of benzene rings is 2. The van der Waals surface area contributed by atoms with Crippen molar-refractivity contribution < 1.29 is 22.4 Å². The smallest absolute Gasteiger partial charge is 0.416 e. The molecule has 9 heteroatoms. The van der Waals surface area contributed by atoms with Gasteiger partial charge in [-0.15, -0.1) is 0 Å². The third-order valence-corrected chi connectivity index (χ3v) is 6.62. The van der Waals surface area contributed by atoms with Crippen LogP contribution in [-0.2, 0) is 13.2 Å². The van der Waals surface area contributed by atoms with Gasteiger partial charge in [0, 0.05) is 47.7 Å². The Bertz CT molecular complexity index is 1550. The normalized spacial score (nSPS) is 17.8. The maximum atomic E-state index is 13.0. The molecule has 0 spiro atoms. The van der Waals surface area contributed by atoms with Crippen LogP contribution in [0.3, 0.4) is 0 Å². The summed E-state index contributed by atoms with van der Waals surface area (Å²) in [5.41, 5.74) is 1.74. The number of hydrogen-bond donors (Lipinski definition) is 1. The van der Waals surface area contributed by atoms with Gasteiger partial charge in [-0.3, -0.25) is 14.0 Å². The number of rotatable bonds is 5. The van der Waals surface area contributed by atoms with E-state index in [4.69, 9.17) is 4.42 Å². The quantitative estimate of drug-likeness (QED) is 0.354. The van der Waals surface area contributed by atoms with Gasteiger partial charge in [-0.05, 0) is 66.9 Å². The van der Waals surface area contributed by atoms with Gasteiger partial charge in [0.05, 0.1) is 17.3 Å². The highest BCUT2D eigenvalue weighted by Gasteiger charge is 2.40. The third-order valence-electron chi connectivity index (χ3n) is 6.62. The summed E-state index contributed by atoms with van der Waals surface area (Å²) < 4.78 is 48.0. The second-order valence-electron chi connectivity index (χ2n) is 8.98. The summed E-state index contributed by atoms with van der Waals surface area (Å²) in [4.78, 5) is 12.9. The van der Waals surface area contributed by atoms with Gasteiger partial charge in [-0.1, -0.05) is 0 Å². The molecule has 2 atom stereocenters. The van der Waals surface area contributed by atoms with Gasteiger partial charge < -0.3 is 9.73 Å². The molecule has 178 valence electrons. The van der Waals surface area contributed by atoms with Gasteiger partial charge in [0.2, 0.25) is 0 Å². The van der Waals surface area contributed by atoms with E-state index in [1.165, 1.54) is 12.1 Å². The number of nitrogens with zero attached hydrogens (tertiary/aromatic N) is 3. The molecule has 1 aliphatic rings. The molecule has 0 saturated heterocycles. The number of alkyl halides is 3. The van der Waals surface area contributed by atoms with E-state index >= 15 is 0 Å². The number of halogens is 3. The third kappa shape index (κ3) is 3.77. The van der Waals surface area contributed by atoms with Crippen LogP contribution < -0.4 is 5.32 Å². The van der Waals surface area contributed by atoms with E-state index in [9.17, 15) is 18.0 Å². The number of furan rings is 1. The van der Waals surface area contributed by atoms with Crippen molar-refractivity contribution in [3.8, 4) is 5.69 Å². The Hall–Kier alpha value is -4.01. The first-order valence-corrected chi connectivity index (χ1v) is 11.3. The van der Waals surface area contributed by atoms with Crippen molar-refractivity contribution in [1.82, 2.24) is 19.7 Å². The summed E-state index contributed by atoms with van der Waals surface area (Å²) in [7, 11) is 1.78. The number of fused-ring (bicyclic) bond motifs is 3. The molecule has 2 aromatic carbocycles. The van der Waals surface area contributed by atoms with E-state index in [1.807, 2.05) is 35.0 Å². The molecule has 1 N–H and O–H groups in total. The largest absolute Gasteiger partial charge is 0.469 e. The van der Waals surface area contributed by atoms with Gasteiger partial charge in [-0.25, -0.2) is 0 Å². The zero-order valence-electron chi connectivity index (χ0n) is 18.7. The number of hydrogen-bond acceptors (Lipinski definition) is 3. The molecule has 1 fully saturated rings. The molecule has 0 aliphatic heterocycles. The van der Waals surface area contributed by atoms with Crippen molar-refractivity contribution in [2.75, 3.05) is 6.54 Å². The summed E-state index contributed by atoms with van der Waals surface area (Å²) in [6, 6.07) is 14.2. The minimum Gasteiger partial charge on any atom is -0.469 e. The topological polar surface area (TPSA) is 65.0 Å². The molecule has 1 saturated carbocycles. The number of carbonyl (C=O) groups is 1. The summed E-state index contributed by atoms with van der Waals surface area (Å²) in [5, 5.41) is 9.16. The molecular weight excluding hydrogens is 457 g/mol. The molecular formula is C26H21F3N4O2. The lowest BCUT2D eigenvalue weighted by molar-refractivity contribution is -0.137. The minimum atomic E-state index is -4.40. The zero-order chi connectivity index (χ0) is 24.3. The highest BCUT2D eigenvalue weighted by Crippen LogP contribution is 2.47. The van der Waals surface area contributed by atoms with Crippen LogP contribution in [0.15, 0.2) is 71.5 Å². The second kappa shape index (κ2) is 7.76. The first-order chi connectivity index (χ1) is 16.8. The van der Waals surface area contributed by atoms with Crippen LogP contribution in [0.1, 0.15) is 34.0 Å². The summed E-state index contributed by atoms with van der Waals surface area (Å²) in [5.74, 6) is 1.49. The van der Waals surface area contributed by atoms with E-state index in [2.05, 4.69) is 10.4 Å². The van der Waals surface area contributed by atoms with Gasteiger partial charge in [-0.2, -0.15) is 18.3 Å². The standard InChI is InChI=1S/C26H21F3N4O2/c1-32-14-21-20-11-15(25(34)30-13-16-12-19(16)23-3-2-10-35-23)4-9-22(20)33(24(21)31-32)18-7-5-17(6-8-18)26(27,28)29/h2-11,14,16,19H,12-13H2,1H3,(H,30,34)/t16-,19+/m0/s1. The fraction of sp³-hybridized carbons (Fsp3) is 0.231. The van der Waals surface area contributed by atoms with Crippen LogP contribution in [0.5, 0.6) is 0 Å². The number of carbonyl (C=O) groups excluding carboxylic acids is 1. The van der Waals surface area contributed by atoms with E-state index in [1.54, 1.807) is 24.1 Å². The van der Waals surface area contributed by atoms with E-state index in [0.717, 1.165) is 40.6 Å². The van der Waals surface area contributed by atoms with E-state index in [-0.39, 0.29) is 5.91 Å². The Morgan fingerprint density at radius 3 is 2.66 bits per heavy atom. The predicted molar refractivity (Wildman–Crippen MR) is 124 cm³/mol. The lowest BCUT2D eigenvalue weighted by Gasteiger charge is -2.10. The molecule has 0 unspecified atom stereocenters. The Morgan fingerprint density at radius 1 is 1.14 bits per heavy atom. The molecule has 1 amide bonds. The lowest BCUT2D eigenvalue weighted by Crippen LogP contribution is -2.25. The van der Waals surface area contributed by atoms with Gasteiger partial charge >= 0.3 is 6.18 Å². The molecule has 1 aliphatic carbocycles. The summed E-state index contributed by atoms with van der Waals surface area (Å²) in [6.07, 6.45) is 0.0873. The second-order valence-corrected chi connectivity index (χ2v) is 8.98. The summed E-state index contributed by atoms with van der Waals surface area (Å²) in [6.45, 7) is 0.567. The SMILES string of the molecule is Cn1cc2c3cc(C(=O)NC[C@@H]4C[C@H]4c4ccco4)ccc3n(-c3ccc(C(F)(F)F)cc3)c2n1. The van der Waals surface area contributed by atoms with Crippen molar-refractivity contribution in [2.24, 2.45) is 13.0 Å². The predicted octanol–water partition coefficient (Wildman–Crippen LogP) is 5.66. The van der Waals surface area contributed by atoms with Crippen molar-refractivity contribution in [3.05, 3.63) is 83.9 Å². The monoisotopic (exact) mass is 478 g/mol. The minimum absolute atomic E-state index is 0.170. The van der Waals surface area contributed by atoms with Crippen molar-refractivity contribution >= 4 is 27.8 Å². The lowest BCUT2D eigenvalue weighted by atomic mass is 10.1. The van der Waals surface area contributed by atoms with Crippen molar-refractivity contribution in [1.29, 1.82) is 0 Å². The molecule has 6 rings (SSSR count). The van der Waals surface area contributed by atoms with Crippen LogP contribution in [0.4, 0.5) is 13.2 Å². The number of nitrogens with one attached hydrogen (secondary N) is 1. The molecule has 6 nitrogen and oxygen atoms in total. The van der Waals surface area contributed by atoms with Crippen LogP contribution in [0, 0.1) is 5.92 Å². The molecule has 3 aromatic heterocycles. The van der Waals surface area contributed by atoms with Crippen LogP contribution in [-0.4, -0.2) is 26.8 Å². The number of amides is 1. The van der Waals surface area contributed by atoms with E-state index in [0.29, 0.717) is 35.3 Å². The number of aryl methyl sites for hydroxylation is 1. The zero-order valence-corrected chi connectivity index (χ0v) is 18.7. The average Bonchev–Trinajstić information content (AvgIpc) is 3.13. The molecule has 0 radical (unpaired) electrons. The Labute approximate surface area is 197 Å². The number of aromatic nitrogens is 3. The summed E-state index contributed by atoms with van der Waals surface area (Å²) >= 11 is 0. The van der Waals surface area contributed by atoms with E-state index < -0.39 is 11.7 Å². The van der Waals surface area contributed by atoms with Crippen molar-refractivity contribution in [3.63, 3.8) is 0 Å². The van der Waals surface area contributed by atoms with Gasteiger partial charge in [0.25, 0.3) is 5.91 Å². The Kier molecular flexibility index (Phi) is 4.77. The first kappa shape index (κ1) is 21.5. The van der Waals surface area contributed by atoms with Gasteiger partial charge in [0.15, 0.2) is 5.65 Å². The van der Waals surface area contributed by atoms with Crippen LogP contribution in [0.25, 0.3) is 27.6 Å². The van der Waals surface area contributed by atoms with Crippen LogP contribution in [0.2, 0.25) is 0 Å².